The standard InChI is InChI=1S/C20H25N3O3/c1-21-19(25)16-8-7-14(13-17(16)20(21)26)18(24)23-11-9-22(10-12-23)15-5-3-2-4-6-15/h7-8,13,15H,2-6,9-12H2,1H3. The summed E-state index contributed by atoms with van der Waals surface area (Å²) >= 11 is 0. The Hall–Kier alpha value is -2.21. The van der Waals surface area contributed by atoms with Crippen LogP contribution in [0.3, 0.4) is 0 Å². The Morgan fingerprint density at radius 2 is 1.58 bits per heavy atom. The van der Waals surface area contributed by atoms with Gasteiger partial charge in [-0.15, -0.1) is 0 Å². The van der Waals surface area contributed by atoms with Crippen LogP contribution in [0, 0.1) is 0 Å². The minimum absolute atomic E-state index is 0.0501. The summed E-state index contributed by atoms with van der Waals surface area (Å²) in [5.74, 6) is -0.683. The second-order valence-electron chi connectivity index (χ2n) is 7.55. The number of nitrogens with zero attached hydrogens (tertiary/aromatic N) is 3. The Bertz CT molecular complexity index is 747. The molecule has 3 amide bonds. The highest BCUT2D eigenvalue weighted by molar-refractivity contribution is 6.21. The van der Waals surface area contributed by atoms with Crippen LogP contribution in [0.1, 0.15) is 63.2 Å². The molecule has 2 heterocycles. The van der Waals surface area contributed by atoms with Crippen molar-refractivity contribution in [1.29, 1.82) is 0 Å². The molecule has 1 saturated heterocycles. The third-order valence-electron chi connectivity index (χ3n) is 6.03. The minimum Gasteiger partial charge on any atom is -0.336 e. The number of carbonyl (C=O) groups excluding carboxylic acids is 3. The molecule has 3 aliphatic rings. The normalized spacial score (nSPS) is 22.0. The summed E-state index contributed by atoms with van der Waals surface area (Å²) in [6.07, 6.45) is 6.55. The first-order valence-corrected chi connectivity index (χ1v) is 9.56. The lowest BCUT2D eigenvalue weighted by atomic mass is 9.94. The topological polar surface area (TPSA) is 60.9 Å². The van der Waals surface area contributed by atoms with E-state index >= 15 is 0 Å². The largest absolute Gasteiger partial charge is 0.336 e. The van der Waals surface area contributed by atoms with Crippen LogP contribution in [0.15, 0.2) is 18.2 Å². The van der Waals surface area contributed by atoms with Gasteiger partial charge < -0.3 is 4.90 Å². The smallest absolute Gasteiger partial charge is 0.261 e. The van der Waals surface area contributed by atoms with Crippen LogP contribution in [0.25, 0.3) is 0 Å². The van der Waals surface area contributed by atoms with Crippen LogP contribution >= 0.6 is 0 Å². The van der Waals surface area contributed by atoms with Gasteiger partial charge in [-0.25, -0.2) is 0 Å². The Morgan fingerprint density at radius 3 is 2.27 bits per heavy atom. The number of piperazine rings is 1. The van der Waals surface area contributed by atoms with E-state index in [-0.39, 0.29) is 17.7 Å². The highest BCUT2D eigenvalue weighted by Gasteiger charge is 2.34. The molecule has 1 aromatic carbocycles. The van der Waals surface area contributed by atoms with E-state index in [1.165, 1.54) is 39.2 Å². The summed E-state index contributed by atoms with van der Waals surface area (Å²) < 4.78 is 0. The van der Waals surface area contributed by atoms with Crippen molar-refractivity contribution < 1.29 is 14.4 Å². The molecule has 1 saturated carbocycles. The van der Waals surface area contributed by atoms with Crippen molar-refractivity contribution in [2.24, 2.45) is 0 Å². The number of rotatable bonds is 2. The molecule has 0 bridgehead atoms. The van der Waals surface area contributed by atoms with Gasteiger partial charge in [-0.3, -0.25) is 24.2 Å². The molecule has 1 aromatic rings. The molecule has 26 heavy (non-hydrogen) atoms. The zero-order chi connectivity index (χ0) is 18.3. The van der Waals surface area contributed by atoms with Gasteiger partial charge in [-0.05, 0) is 31.0 Å². The van der Waals surface area contributed by atoms with Crippen molar-refractivity contribution in [3.63, 3.8) is 0 Å². The van der Waals surface area contributed by atoms with Crippen LogP contribution in [0.4, 0.5) is 0 Å². The van der Waals surface area contributed by atoms with Gasteiger partial charge in [0.25, 0.3) is 17.7 Å². The SMILES string of the molecule is CN1C(=O)c2ccc(C(=O)N3CCN(C4CCCCC4)CC3)cc2C1=O. The fourth-order valence-corrected chi connectivity index (χ4v) is 4.41. The van der Waals surface area contributed by atoms with E-state index in [0.717, 1.165) is 31.1 Å². The third kappa shape index (κ3) is 2.92. The van der Waals surface area contributed by atoms with Crippen LogP contribution < -0.4 is 0 Å². The maximum absolute atomic E-state index is 12.8. The molecule has 6 nitrogen and oxygen atoms in total. The summed E-state index contributed by atoms with van der Waals surface area (Å²) in [4.78, 5) is 42.5. The summed E-state index contributed by atoms with van der Waals surface area (Å²) in [5, 5.41) is 0. The molecule has 0 radical (unpaired) electrons. The van der Waals surface area contributed by atoms with Crippen LogP contribution in [0.2, 0.25) is 0 Å². The van der Waals surface area contributed by atoms with Gasteiger partial charge in [-0.2, -0.15) is 0 Å². The highest BCUT2D eigenvalue weighted by Crippen LogP contribution is 2.25. The minimum atomic E-state index is -0.332. The lowest BCUT2D eigenvalue weighted by Crippen LogP contribution is -2.52. The molecule has 0 unspecified atom stereocenters. The van der Waals surface area contributed by atoms with Gasteiger partial charge in [-0.1, -0.05) is 19.3 Å². The number of imide groups is 1. The van der Waals surface area contributed by atoms with Gasteiger partial charge >= 0.3 is 0 Å². The molecule has 1 aliphatic carbocycles. The predicted octanol–water partition coefficient (Wildman–Crippen LogP) is 2.00. The first kappa shape index (κ1) is 17.2. The second-order valence-corrected chi connectivity index (χ2v) is 7.55. The highest BCUT2D eigenvalue weighted by atomic mass is 16.2. The van der Waals surface area contributed by atoms with E-state index < -0.39 is 0 Å². The number of hydrogen-bond donors (Lipinski definition) is 0. The molecule has 0 atom stereocenters. The third-order valence-corrected chi connectivity index (χ3v) is 6.03. The lowest BCUT2D eigenvalue weighted by molar-refractivity contribution is 0.0523. The number of carbonyl (C=O) groups is 3. The van der Waals surface area contributed by atoms with E-state index in [9.17, 15) is 14.4 Å². The Morgan fingerprint density at radius 1 is 0.923 bits per heavy atom. The average molecular weight is 355 g/mol. The Balaban J connectivity index is 1.43. The van der Waals surface area contributed by atoms with Gasteiger partial charge in [0.1, 0.15) is 0 Å². The molecule has 2 aliphatic heterocycles. The van der Waals surface area contributed by atoms with Gasteiger partial charge in [0, 0.05) is 44.8 Å². The first-order valence-electron chi connectivity index (χ1n) is 9.56. The monoisotopic (exact) mass is 355 g/mol. The molecule has 6 heteroatoms. The quantitative estimate of drug-likeness (QED) is 0.762. The van der Waals surface area contributed by atoms with Gasteiger partial charge in [0.15, 0.2) is 0 Å². The zero-order valence-electron chi connectivity index (χ0n) is 15.2. The van der Waals surface area contributed by atoms with E-state index in [1.54, 1.807) is 18.2 Å². The Labute approximate surface area is 153 Å². The average Bonchev–Trinajstić information content (AvgIpc) is 2.92. The fourth-order valence-electron chi connectivity index (χ4n) is 4.41. The number of hydrogen-bond acceptors (Lipinski definition) is 4. The van der Waals surface area contributed by atoms with E-state index in [2.05, 4.69) is 4.90 Å². The van der Waals surface area contributed by atoms with Crippen LogP contribution in [-0.2, 0) is 0 Å². The van der Waals surface area contributed by atoms with Crippen molar-refractivity contribution in [2.45, 2.75) is 38.1 Å². The van der Waals surface area contributed by atoms with E-state index in [1.807, 2.05) is 4.90 Å². The molecule has 0 spiro atoms. The molecular formula is C20H25N3O3. The zero-order valence-corrected chi connectivity index (χ0v) is 15.2. The van der Waals surface area contributed by atoms with Gasteiger partial charge in [0.2, 0.25) is 0 Å². The first-order chi connectivity index (χ1) is 12.6. The Kier molecular flexibility index (Phi) is 4.53. The maximum atomic E-state index is 12.8. The van der Waals surface area contributed by atoms with Crippen molar-refractivity contribution >= 4 is 17.7 Å². The molecule has 138 valence electrons. The lowest BCUT2D eigenvalue weighted by Gasteiger charge is -2.40. The van der Waals surface area contributed by atoms with Crippen molar-refractivity contribution in [1.82, 2.24) is 14.7 Å². The number of fused-ring (bicyclic) bond motifs is 1. The summed E-state index contributed by atoms with van der Waals surface area (Å²) in [7, 11) is 1.47. The molecule has 4 rings (SSSR count). The summed E-state index contributed by atoms with van der Waals surface area (Å²) in [5.41, 5.74) is 1.21. The number of benzene rings is 1. The van der Waals surface area contributed by atoms with Crippen LogP contribution in [0.5, 0.6) is 0 Å². The second kappa shape index (κ2) is 6.83. The molecular weight excluding hydrogens is 330 g/mol. The summed E-state index contributed by atoms with van der Waals surface area (Å²) in [6.45, 7) is 3.28. The molecule has 0 N–H and O–H groups in total. The summed E-state index contributed by atoms with van der Waals surface area (Å²) in [6, 6.07) is 5.53. The predicted molar refractivity (Wildman–Crippen MR) is 97.2 cm³/mol. The van der Waals surface area contributed by atoms with Gasteiger partial charge in [0.05, 0.1) is 11.1 Å². The van der Waals surface area contributed by atoms with E-state index in [0.29, 0.717) is 22.7 Å². The number of amides is 3. The molecule has 2 fully saturated rings. The van der Waals surface area contributed by atoms with Crippen molar-refractivity contribution in [3.8, 4) is 0 Å². The van der Waals surface area contributed by atoms with E-state index in [4.69, 9.17) is 0 Å². The van der Waals surface area contributed by atoms with Crippen molar-refractivity contribution in [2.75, 3.05) is 33.2 Å². The van der Waals surface area contributed by atoms with Crippen molar-refractivity contribution in [3.05, 3.63) is 34.9 Å². The van der Waals surface area contributed by atoms with Crippen LogP contribution in [-0.4, -0.2) is 71.7 Å². The molecule has 0 aromatic heterocycles. The fraction of sp³-hybridized carbons (Fsp3) is 0.550. The maximum Gasteiger partial charge on any atom is 0.261 e.